The highest BCUT2D eigenvalue weighted by molar-refractivity contribution is 6.30. The van der Waals surface area contributed by atoms with Gasteiger partial charge in [-0.2, -0.15) is 0 Å². The van der Waals surface area contributed by atoms with Crippen LogP contribution in [-0.4, -0.2) is 48.2 Å². The largest absolute Gasteiger partial charge is 0.390 e. The number of pyridine rings is 1. The SMILES string of the molecule is CCNc1c(C=N)cc2nc1C[C@H](O)COC[C@H](c1cccc(Cl)c1)NC(=O)N2. The average Bonchev–Trinajstić information content (AvgIpc) is 2.68. The summed E-state index contributed by atoms with van der Waals surface area (Å²) in [6.45, 7) is 2.83. The van der Waals surface area contributed by atoms with Gasteiger partial charge in [0.25, 0.3) is 0 Å². The fourth-order valence-corrected chi connectivity index (χ4v) is 3.38. The summed E-state index contributed by atoms with van der Waals surface area (Å²) in [5, 5.41) is 27.4. The molecule has 0 unspecified atom stereocenters. The maximum Gasteiger partial charge on any atom is 0.320 e. The Morgan fingerprint density at radius 3 is 2.97 bits per heavy atom. The molecule has 1 aliphatic heterocycles. The van der Waals surface area contributed by atoms with Crippen LogP contribution in [0.2, 0.25) is 5.02 Å². The molecule has 29 heavy (non-hydrogen) atoms. The van der Waals surface area contributed by atoms with E-state index in [0.29, 0.717) is 34.3 Å². The van der Waals surface area contributed by atoms with Gasteiger partial charge in [-0.1, -0.05) is 23.7 Å². The van der Waals surface area contributed by atoms with Crippen molar-refractivity contribution >= 4 is 35.4 Å². The number of hydrogen-bond acceptors (Lipinski definition) is 6. The van der Waals surface area contributed by atoms with E-state index in [1.165, 1.54) is 6.21 Å². The lowest BCUT2D eigenvalue weighted by Crippen LogP contribution is -2.36. The minimum atomic E-state index is -0.788. The predicted molar refractivity (Wildman–Crippen MR) is 113 cm³/mol. The van der Waals surface area contributed by atoms with Crippen molar-refractivity contribution in [1.29, 1.82) is 5.41 Å². The molecule has 0 aliphatic carbocycles. The molecule has 1 aromatic carbocycles. The second-order valence-electron chi connectivity index (χ2n) is 6.69. The monoisotopic (exact) mass is 417 g/mol. The maximum absolute atomic E-state index is 12.6. The standard InChI is InChI=1S/C20H24ClN5O3/c1-2-23-19-13(9-22)7-18-24-16(19)8-15(27)10-29-11-17(25-20(28)26-18)12-4-3-5-14(21)6-12/h3-7,9,15,17,22-23,27H,2,8,10-11H2,1H3,(H2,24,25,26,28)/t15-,17+/m0/s1. The van der Waals surface area contributed by atoms with Gasteiger partial charge in [-0.05, 0) is 30.7 Å². The summed E-state index contributed by atoms with van der Waals surface area (Å²) >= 11 is 6.08. The third-order valence-corrected chi connectivity index (χ3v) is 4.69. The molecule has 3 rings (SSSR count). The van der Waals surface area contributed by atoms with Gasteiger partial charge in [0.2, 0.25) is 0 Å². The Hall–Kier alpha value is -2.68. The number of aliphatic hydroxyl groups is 1. The zero-order valence-corrected chi connectivity index (χ0v) is 16.8. The minimum absolute atomic E-state index is 0.0811. The van der Waals surface area contributed by atoms with Crippen LogP contribution in [0.1, 0.15) is 29.8 Å². The number of ether oxygens (including phenoxy) is 1. The van der Waals surface area contributed by atoms with Crippen molar-refractivity contribution in [3.63, 3.8) is 0 Å². The fraction of sp³-hybridized carbons (Fsp3) is 0.350. The Bertz CT molecular complexity index is 892. The molecule has 8 nitrogen and oxygen atoms in total. The van der Waals surface area contributed by atoms with E-state index in [1.54, 1.807) is 24.3 Å². The van der Waals surface area contributed by atoms with Crippen LogP contribution in [0.4, 0.5) is 16.3 Å². The normalized spacial score (nSPS) is 19.9. The van der Waals surface area contributed by atoms with Gasteiger partial charge in [0.1, 0.15) is 5.82 Å². The number of anilines is 2. The van der Waals surface area contributed by atoms with Gasteiger partial charge in [0.15, 0.2) is 0 Å². The number of hydrogen-bond donors (Lipinski definition) is 5. The molecule has 0 fully saturated rings. The van der Waals surface area contributed by atoms with Crippen molar-refractivity contribution in [3.8, 4) is 0 Å². The van der Waals surface area contributed by atoms with E-state index < -0.39 is 18.2 Å². The predicted octanol–water partition coefficient (Wildman–Crippen LogP) is 2.96. The van der Waals surface area contributed by atoms with Crippen LogP contribution in [0.3, 0.4) is 0 Å². The van der Waals surface area contributed by atoms with Crippen LogP contribution in [0.15, 0.2) is 30.3 Å². The summed E-state index contributed by atoms with van der Waals surface area (Å²) < 4.78 is 5.67. The maximum atomic E-state index is 12.6. The smallest absolute Gasteiger partial charge is 0.320 e. The Morgan fingerprint density at radius 1 is 1.41 bits per heavy atom. The Balaban J connectivity index is 1.93. The van der Waals surface area contributed by atoms with Gasteiger partial charge in [-0.25, -0.2) is 9.78 Å². The first kappa shape index (κ1) is 21.0. The highest BCUT2D eigenvalue weighted by Gasteiger charge is 2.21. The summed E-state index contributed by atoms with van der Waals surface area (Å²) in [6, 6.07) is 7.86. The van der Waals surface area contributed by atoms with Crippen LogP contribution in [-0.2, 0) is 11.2 Å². The second-order valence-corrected chi connectivity index (χ2v) is 7.13. The van der Waals surface area contributed by atoms with Gasteiger partial charge < -0.3 is 25.9 Å². The molecule has 2 amide bonds. The van der Waals surface area contributed by atoms with Gasteiger partial charge in [-0.3, -0.25) is 5.32 Å². The quantitative estimate of drug-likeness (QED) is 0.490. The zero-order chi connectivity index (χ0) is 20.8. The number of aliphatic hydroxyl groups excluding tert-OH is 1. The summed E-state index contributed by atoms with van der Waals surface area (Å²) in [5.74, 6) is 0.302. The fourth-order valence-electron chi connectivity index (χ4n) is 3.19. The molecule has 2 atom stereocenters. The van der Waals surface area contributed by atoms with Crippen molar-refractivity contribution in [2.45, 2.75) is 25.5 Å². The lowest BCUT2D eigenvalue weighted by Gasteiger charge is -2.23. The van der Waals surface area contributed by atoms with Crippen molar-refractivity contribution < 1.29 is 14.6 Å². The number of urea groups is 1. The third kappa shape index (κ3) is 5.44. The van der Waals surface area contributed by atoms with Gasteiger partial charge in [0.05, 0.1) is 36.7 Å². The lowest BCUT2D eigenvalue weighted by molar-refractivity contribution is 0.0283. The Morgan fingerprint density at radius 2 is 2.24 bits per heavy atom. The molecule has 2 bridgehead atoms. The van der Waals surface area contributed by atoms with Crippen molar-refractivity contribution in [1.82, 2.24) is 10.3 Å². The van der Waals surface area contributed by atoms with Crippen molar-refractivity contribution in [3.05, 3.63) is 52.2 Å². The first-order valence-electron chi connectivity index (χ1n) is 9.37. The molecular formula is C20H24ClN5O3. The highest BCUT2D eigenvalue weighted by atomic mass is 35.5. The number of fused-ring (bicyclic) bond motifs is 2. The number of rotatable bonds is 4. The Labute approximate surface area is 174 Å². The van der Waals surface area contributed by atoms with Crippen LogP contribution in [0.25, 0.3) is 0 Å². The molecule has 154 valence electrons. The molecule has 1 aromatic heterocycles. The lowest BCUT2D eigenvalue weighted by atomic mass is 10.1. The van der Waals surface area contributed by atoms with E-state index >= 15 is 0 Å². The highest BCUT2D eigenvalue weighted by Crippen LogP contribution is 2.25. The number of nitrogens with one attached hydrogen (secondary N) is 4. The van der Waals surface area contributed by atoms with Gasteiger partial charge >= 0.3 is 6.03 Å². The molecule has 0 radical (unpaired) electrons. The number of carbonyl (C=O) groups is 1. The van der Waals surface area contributed by atoms with Gasteiger partial charge in [-0.15, -0.1) is 0 Å². The third-order valence-electron chi connectivity index (χ3n) is 4.46. The molecular weight excluding hydrogens is 394 g/mol. The molecule has 2 aromatic rings. The minimum Gasteiger partial charge on any atom is -0.390 e. The van der Waals surface area contributed by atoms with Crippen LogP contribution >= 0.6 is 11.6 Å². The zero-order valence-electron chi connectivity index (χ0n) is 16.0. The molecule has 9 heteroatoms. The molecule has 0 spiro atoms. The topological polar surface area (TPSA) is 119 Å². The summed E-state index contributed by atoms with van der Waals surface area (Å²) in [6.07, 6.45) is 0.627. The van der Waals surface area contributed by atoms with Crippen molar-refractivity contribution in [2.75, 3.05) is 30.4 Å². The summed E-state index contributed by atoms with van der Waals surface area (Å²) in [4.78, 5) is 17.0. The number of amides is 2. The van der Waals surface area contributed by atoms with Crippen molar-refractivity contribution in [2.24, 2.45) is 0 Å². The number of nitrogens with zero attached hydrogens (tertiary/aromatic N) is 1. The number of halogens is 1. The van der Waals surface area contributed by atoms with Crippen LogP contribution in [0.5, 0.6) is 0 Å². The number of benzene rings is 1. The first-order valence-corrected chi connectivity index (χ1v) is 9.75. The van der Waals surface area contributed by atoms with E-state index in [0.717, 1.165) is 5.56 Å². The van der Waals surface area contributed by atoms with E-state index in [1.807, 2.05) is 13.0 Å². The molecule has 1 aliphatic rings. The molecule has 5 N–H and O–H groups in total. The number of aromatic nitrogens is 1. The molecule has 0 saturated heterocycles. The first-order chi connectivity index (χ1) is 14.0. The summed E-state index contributed by atoms with van der Waals surface area (Å²) in [5.41, 5.74) is 2.59. The second kappa shape index (κ2) is 9.69. The van der Waals surface area contributed by atoms with E-state index in [-0.39, 0.29) is 19.6 Å². The van der Waals surface area contributed by atoms with E-state index in [9.17, 15) is 9.90 Å². The number of carbonyl (C=O) groups excluding carboxylic acids is 1. The van der Waals surface area contributed by atoms with Crippen LogP contribution < -0.4 is 16.0 Å². The summed E-state index contributed by atoms with van der Waals surface area (Å²) in [7, 11) is 0. The average molecular weight is 418 g/mol. The van der Waals surface area contributed by atoms with E-state index in [2.05, 4.69) is 20.9 Å². The Kier molecular flexibility index (Phi) is 7.03. The van der Waals surface area contributed by atoms with Crippen LogP contribution in [0, 0.1) is 5.41 Å². The van der Waals surface area contributed by atoms with E-state index in [4.69, 9.17) is 21.7 Å². The molecule has 0 saturated carbocycles. The molecule has 2 heterocycles. The van der Waals surface area contributed by atoms with Gasteiger partial charge in [0, 0.05) is 29.8 Å².